The number of halogens is 1. The third-order valence-corrected chi connectivity index (χ3v) is 3.64. The van der Waals surface area contributed by atoms with Crippen molar-refractivity contribution in [2.24, 2.45) is 0 Å². The van der Waals surface area contributed by atoms with Gasteiger partial charge in [0.25, 0.3) is 11.6 Å². The van der Waals surface area contributed by atoms with Gasteiger partial charge in [0.15, 0.2) is 0 Å². The number of hydrogen-bond donors (Lipinski definition) is 1. The van der Waals surface area contributed by atoms with Crippen LogP contribution in [0.15, 0.2) is 42.5 Å². The minimum absolute atomic E-state index is 0.0887. The largest absolute Gasteiger partial charge is 0.378 e. The lowest BCUT2D eigenvalue weighted by atomic mass is 10.1. The molecule has 7 heteroatoms. The molecule has 0 saturated carbocycles. The monoisotopic (exact) mass is 333 g/mol. The van der Waals surface area contributed by atoms with E-state index in [1.54, 1.807) is 0 Å². The van der Waals surface area contributed by atoms with Crippen LogP contribution in [-0.4, -0.2) is 24.9 Å². The molecule has 0 unspecified atom stereocenters. The van der Waals surface area contributed by atoms with Crippen LogP contribution in [0.4, 0.5) is 11.4 Å². The van der Waals surface area contributed by atoms with Gasteiger partial charge < -0.3 is 10.2 Å². The molecule has 0 atom stereocenters. The zero-order valence-corrected chi connectivity index (χ0v) is 13.5. The first-order valence-corrected chi connectivity index (χ1v) is 7.24. The summed E-state index contributed by atoms with van der Waals surface area (Å²) >= 11 is 5.94. The fraction of sp³-hybridized carbons (Fsp3) is 0.188. The third kappa shape index (κ3) is 4.20. The van der Waals surface area contributed by atoms with Crippen molar-refractivity contribution in [3.63, 3.8) is 0 Å². The Kier molecular flexibility index (Phi) is 5.18. The van der Waals surface area contributed by atoms with Gasteiger partial charge in [-0.3, -0.25) is 14.9 Å². The van der Waals surface area contributed by atoms with Crippen molar-refractivity contribution in [1.29, 1.82) is 0 Å². The standard InChI is InChI=1S/C16H16ClN3O3/c1-19(2)12-5-3-11(4-6-12)10-18-16(21)14-9-13(20(22)23)7-8-15(14)17/h3-9H,10H2,1-2H3,(H,18,21). The number of benzene rings is 2. The quantitative estimate of drug-likeness (QED) is 0.673. The Balaban J connectivity index is 2.07. The number of nitro benzene ring substituents is 1. The molecule has 2 rings (SSSR count). The summed E-state index contributed by atoms with van der Waals surface area (Å²) in [5.74, 6) is -0.449. The molecule has 0 spiro atoms. The molecule has 0 radical (unpaired) electrons. The van der Waals surface area contributed by atoms with Crippen LogP contribution < -0.4 is 10.2 Å². The number of nitrogens with one attached hydrogen (secondary N) is 1. The lowest BCUT2D eigenvalue weighted by molar-refractivity contribution is -0.384. The van der Waals surface area contributed by atoms with Crippen molar-refractivity contribution in [2.45, 2.75) is 6.54 Å². The van der Waals surface area contributed by atoms with Crippen molar-refractivity contribution in [3.05, 3.63) is 68.7 Å². The average molecular weight is 334 g/mol. The second kappa shape index (κ2) is 7.11. The van der Waals surface area contributed by atoms with Crippen LogP contribution in [0.5, 0.6) is 0 Å². The van der Waals surface area contributed by atoms with Crippen LogP contribution in [-0.2, 0) is 6.54 Å². The molecule has 120 valence electrons. The van der Waals surface area contributed by atoms with Crippen LogP contribution in [0.2, 0.25) is 5.02 Å². The second-order valence-corrected chi connectivity index (χ2v) is 5.57. The Morgan fingerprint density at radius 1 is 1.22 bits per heavy atom. The topological polar surface area (TPSA) is 75.5 Å². The van der Waals surface area contributed by atoms with Crippen LogP contribution in [0, 0.1) is 10.1 Å². The SMILES string of the molecule is CN(C)c1ccc(CNC(=O)c2cc([N+](=O)[O-])ccc2Cl)cc1. The van der Waals surface area contributed by atoms with Crippen LogP contribution in [0.1, 0.15) is 15.9 Å². The van der Waals surface area contributed by atoms with Gasteiger partial charge in [0.1, 0.15) is 0 Å². The van der Waals surface area contributed by atoms with Gasteiger partial charge in [-0.15, -0.1) is 0 Å². The summed E-state index contributed by atoms with van der Waals surface area (Å²) in [6, 6.07) is 11.5. The van der Waals surface area contributed by atoms with E-state index in [0.29, 0.717) is 6.54 Å². The zero-order valence-electron chi connectivity index (χ0n) is 12.7. The molecule has 2 aromatic carbocycles. The smallest absolute Gasteiger partial charge is 0.270 e. The molecule has 0 heterocycles. The Morgan fingerprint density at radius 3 is 2.43 bits per heavy atom. The number of hydrogen-bond acceptors (Lipinski definition) is 4. The van der Waals surface area contributed by atoms with E-state index in [4.69, 9.17) is 11.6 Å². The van der Waals surface area contributed by atoms with Gasteiger partial charge in [-0.1, -0.05) is 23.7 Å². The summed E-state index contributed by atoms with van der Waals surface area (Å²) in [4.78, 5) is 24.4. The van der Waals surface area contributed by atoms with Crippen molar-refractivity contribution in [2.75, 3.05) is 19.0 Å². The van der Waals surface area contributed by atoms with Gasteiger partial charge >= 0.3 is 0 Å². The summed E-state index contributed by atoms with van der Waals surface area (Å²) in [5.41, 5.74) is 1.90. The first-order chi connectivity index (χ1) is 10.9. The number of anilines is 1. The minimum Gasteiger partial charge on any atom is -0.378 e. The fourth-order valence-corrected chi connectivity index (χ4v) is 2.19. The van der Waals surface area contributed by atoms with E-state index in [2.05, 4.69) is 5.32 Å². The summed E-state index contributed by atoms with van der Waals surface area (Å²) in [6.45, 7) is 0.311. The van der Waals surface area contributed by atoms with Crippen molar-refractivity contribution in [3.8, 4) is 0 Å². The van der Waals surface area contributed by atoms with Gasteiger partial charge in [0.05, 0.1) is 15.5 Å². The van der Waals surface area contributed by atoms with E-state index in [0.717, 1.165) is 11.3 Å². The predicted molar refractivity (Wildman–Crippen MR) is 90.0 cm³/mol. The molecule has 0 bridgehead atoms. The molecule has 1 N–H and O–H groups in total. The molecule has 0 aliphatic carbocycles. The van der Waals surface area contributed by atoms with Gasteiger partial charge in [0, 0.05) is 38.5 Å². The second-order valence-electron chi connectivity index (χ2n) is 5.16. The number of nitro groups is 1. The lowest BCUT2D eigenvalue weighted by Crippen LogP contribution is -2.23. The van der Waals surface area contributed by atoms with Crippen molar-refractivity contribution < 1.29 is 9.72 Å². The van der Waals surface area contributed by atoms with E-state index in [1.807, 2.05) is 43.3 Å². The van der Waals surface area contributed by atoms with Crippen LogP contribution in [0.25, 0.3) is 0 Å². The number of amides is 1. The highest BCUT2D eigenvalue weighted by Crippen LogP contribution is 2.22. The van der Waals surface area contributed by atoms with Crippen molar-refractivity contribution >= 4 is 28.9 Å². The molecule has 6 nitrogen and oxygen atoms in total. The summed E-state index contributed by atoms with van der Waals surface area (Å²) in [5, 5.41) is 13.7. The molecule has 2 aromatic rings. The molecule has 0 aliphatic heterocycles. The fourth-order valence-electron chi connectivity index (χ4n) is 1.99. The minimum atomic E-state index is -0.562. The molecule has 0 aliphatic rings. The molecular formula is C16H16ClN3O3. The first kappa shape index (κ1) is 16.8. The summed E-state index contributed by atoms with van der Waals surface area (Å²) < 4.78 is 0. The van der Waals surface area contributed by atoms with E-state index in [-0.39, 0.29) is 16.3 Å². The van der Waals surface area contributed by atoms with Crippen molar-refractivity contribution in [1.82, 2.24) is 5.32 Å². The van der Waals surface area contributed by atoms with Crippen LogP contribution >= 0.6 is 11.6 Å². The number of rotatable bonds is 5. The maximum absolute atomic E-state index is 12.2. The Morgan fingerprint density at radius 2 is 1.87 bits per heavy atom. The Bertz CT molecular complexity index is 730. The summed E-state index contributed by atoms with van der Waals surface area (Å²) in [6.07, 6.45) is 0. The number of nitrogens with zero attached hydrogens (tertiary/aromatic N) is 2. The maximum Gasteiger partial charge on any atom is 0.270 e. The van der Waals surface area contributed by atoms with E-state index >= 15 is 0 Å². The number of carbonyl (C=O) groups excluding carboxylic acids is 1. The highest BCUT2D eigenvalue weighted by Gasteiger charge is 2.15. The van der Waals surface area contributed by atoms with Gasteiger partial charge in [-0.25, -0.2) is 0 Å². The molecule has 0 saturated heterocycles. The van der Waals surface area contributed by atoms with Gasteiger partial charge in [-0.05, 0) is 23.8 Å². The Hall–Kier alpha value is -2.60. The molecule has 1 amide bonds. The maximum atomic E-state index is 12.2. The lowest BCUT2D eigenvalue weighted by Gasteiger charge is -2.13. The van der Waals surface area contributed by atoms with Crippen LogP contribution in [0.3, 0.4) is 0 Å². The highest BCUT2D eigenvalue weighted by molar-refractivity contribution is 6.33. The van der Waals surface area contributed by atoms with Gasteiger partial charge in [-0.2, -0.15) is 0 Å². The first-order valence-electron chi connectivity index (χ1n) is 6.87. The molecule has 23 heavy (non-hydrogen) atoms. The normalized spacial score (nSPS) is 10.2. The number of non-ortho nitro benzene ring substituents is 1. The van der Waals surface area contributed by atoms with E-state index in [9.17, 15) is 14.9 Å². The molecule has 0 aromatic heterocycles. The average Bonchev–Trinajstić information content (AvgIpc) is 2.53. The Labute approximate surface area is 138 Å². The zero-order chi connectivity index (χ0) is 17.0. The van der Waals surface area contributed by atoms with Gasteiger partial charge in [0.2, 0.25) is 0 Å². The number of carbonyl (C=O) groups is 1. The highest BCUT2D eigenvalue weighted by atomic mass is 35.5. The predicted octanol–water partition coefficient (Wildman–Crippen LogP) is 3.24. The molecular weight excluding hydrogens is 318 g/mol. The third-order valence-electron chi connectivity index (χ3n) is 3.31. The van der Waals surface area contributed by atoms with E-state index < -0.39 is 10.8 Å². The summed E-state index contributed by atoms with van der Waals surface area (Å²) in [7, 11) is 3.89. The van der Waals surface area contributed by atoms with E-state index in [1.165, 1.54) is 18.2 Å². The molecule has 0 fully saturated rings.